The quantitative estimate of drug-likeness (QED) is 0.524. The lowest BCUT2D eigenvalue weighted by molar-refractivity contribution is -0.385. The lowest BCUT2D eigenvalue weighted by atomic mass is 10.1. The smallest absolute Gasteiger partial charge is 0.274 e. The maximum Gasteiger partial charge on any atom is 0.274 e. The van der Waals surface area contributed by atoms with Crippen molar-refractivity contribution in [3.63, 3.8) is 0 Å². The number of nitrogens with zero attached hydrogens (tertiary/aromatic N) is 3. The Kier molecular flexibility index (Phi) is 4.69. The van der Waals surface area contributed by atoms with Crippen molar-refractivity contribution in [3.8, 4) is 5.75 Å². The number of aromatic nitrogens is 2. The van der Waals surface area contributed by atoms with Crippen molar-refractivity contribution in [2.45, 2.75) is 13.2 Å². The lowest BCUT2D eigenvalue weighted by Crippen LogP contribution is -2.30. The van der Waals surface area contributed by atoms with E-state index in [-0.39, 0.29) is 31.3 Å². The highest BCUT2D eigenvalue weighted by Crippen LogP contribution is 2.33. The van der Waals surface area contributed by atoms with Gasteiger partial charge in [-0.25, -0.2) is 4.68 Å². The van der Waals surface area contributed by atoms with E-state index in [0.717, 1.165) is 4.68 Å². The third kappa shape index (κ3) is 3.29. The first-order valence-corrected chi connectivity index (χ1v) is 8.72. The van der Waals surface area contributed by atoms with Crippen LogP contribution in [0.5, 0.6) is 5.75 Å². The molecule has 29 heavy (non-hydrogen) atoms. The molecule has 1 aliphatic rings. The number of nitrogens with one attached hydrogen (secondary N) is 1. The van der Waals surface area contributed by atoms with Crippen LogP contribution in [0, 0.1) is 10.1 Å². The zero-order valence-electron chi connectivity index (χ0n) is 15.4. The number of nitro benzene ring substituents is 1. The summed E-state index contributed by atoms with van der Waals surface area (Å²) in [5.74, 6) is -0.0223. The van der Waals surface area contributed by atoms with E-state index < -0.39 is 16.4 Å². The summed E-state index contributed by atoms with van der Waals surface area (Å²) in [6.45, 7) is 0.0621. The highest BCUT2D eigenvalue weighted by molar-refractivity contribution is 6.04. The maximum atomic E-state index is 13.0. The van der Waals surface area contributed by atoms with E-state index >= 15 is 0 Å². The molecule has 0 bridgehead atoms. The molecule has 3 aromatic rings. The summed E-state index contributed by atoms with van der Waals surface area (Å²) in [5.41, 5.74) is 0.450. The van der Waals surface area contributed by atoms with Crippen LogP contribution in [0.25, 0.3) is 10.8 Å². The number of rotatable bonds is 4. The van der Waals surface area contributed by atoms with Gasteiger partial charge in [0.2, 0.25) is 0 Å². The second-order valence-electron chi connectivity index (χ2n) is 6.40. The summed E-state index contributed by atoms with van der Waals surface area (Å²) < 4.78 is 11.8. The fourth-order valence-electron chi connectivity index (χ4n) is 3.29. The van der Waals surface area contributed by atoms with E-state index in [0.29, 0.717) is 27.6 Å². The molecule has 1 N–H and O–H groups in total. The van der Waals surface area contributed by atoms with E-state index in [1.807, 2.05) is 0 Å². The lowest BCUT2D eigenvalue weighted by Gasteiger charge is -2.21. The summed E-state index contributed by atoms with van der Waals surface area (Å²) in [6.07, 6.45) is 0. The number of hydrogen-bond acceptors (Lipinski definition) is 7. The summed E-state index contributed by atoms with van der Waals surface area (Å²) in [4.78, 5) is 36.0. The largest absolute Gasteiger partial charge is 0.467 e. The molecular formula is C19H16N4O6. The van der Waals surface area contributed by atoms with Crippen LogP contribution in [-0.2, 0) is 17.9 Å². The molecule has 10 nitrogen and oxygen atoms in total. The molecule has 2 heterocycles. The van der Waals surface area contributed by atoms with Crippen molar-refractivity contribution < 1.29 is 19.2 Å². The first-order valence-electron chi connectivity index (χ1n) is 8.72. The number of carbonyl (C=O) groups is 1. The van der Waals surface area contributed by atoms with Gasteiger partial charge in [-0.3, -0.25) is 19.7 Å². The van der Waals surface area contributed by atoms with Crippen LogP contribution in [-0.4, -0.2) is 34.5 Å². The molecular weight excluding hydrogens is 380 g/mol. The van der Waals surface area contributed by atoms with Crippen LogP contribution in [0.3, 0.4) is 0 Å². The molecule has 0 saturated carbocycles. The average Bonchev–Trinajstić information content (AvgIpc) is 2.75. The Bertz CT molecular complexity index is 1200. The van der Waals surface area contributed by atoms with Crippen molar-refractivity contribution in [2.75, 3.05) is 13.8 Å². The molecule has 1 amide bonds. The van der Waals surface area contributed by atoms with Gasteiger partial charge in [0.1, 0.15) is 5.75 Å². The van der Waals surface area contributed by atoms with Crippen LogP contribution in [0.4, 0.5) is 5.69 Å². The van der Waals surface area contributed by atoms with Crippen molar-refractivity contribution in [1.82, 2.24) is 15.1 Å². The molecule has 0 radical (unpaired) electrons. The minimum absolute atomic E-state index is 0.00134. The van der Waals surface area contributed by atoms with Gasteiger partial charge in [-0.1, -0.05) is 18.2 Å². The van der Waals surface area contributed by atoms with Crippen molar-refractivity contribution in [2.24, 2.45) is 0 Å². The molecule has 0 spiro atoms. The Labute approximate surface area is 163 Å². The number of amides is 1. The zero-order valence-corrected chi connectivity index (χ0v) is 15.4. The van der Waals surface area contributed by atoms with E-state index in [1.165, 1.54) is 19.2 Å². The van der Waals surface area contributed by atoms with Gasteiger partial charge in [0.15, 0.2) is 12.5 Å². The molecule has 148 valence electrons. The third-order valence-corrected chi connectivity index (χ3v) is 4.61. The van der Waals surface area contributed by atoms with E-state index in [2.05, 4.69) is 10.4 Å². The monoisotopic (exact) mass is 396 g/mol. The number of benzene rings is 2. The average molecular weight is 396 g/mol. The summed E-state index contributed by atoms with van der Waals surface area (Å²) in [5, 5.41) is 18.8. The zero-order chi connectivity index (χ0) is 20.5. The first-order chi connectivity index (χ1) is 14.0. The topological polar surface area (TPSA) is 126 Å². The summed E-state index contributed by atoms with van der Waals surface area (Å²) in [6, 6.07) is 9.38. The molecule has 0 fully saturated rings. The normalized spacial score (nSPS) is 12.9. The molecule has 0 saturated heterocycles. The van der Waals surface area contributed by atoms with Crippen LogP contribution in [0.15, 0.2) is 41.2 Å². The van der Waals surface area contributed by atoms with E-state index in [1.54, 1.807) is 24.3 Å². The second-order valence-corrected chi connectivity index (χ2v) is 6.40. The Morgan fingerprint density at radius 2 is 2.07 bits per heavy atom. The predicted molar refractivity (Wildman–Crippen MR) is 102 cm³/mol. The highest BCUT2D eigenvalue weighted by atomic mass is 16.7. The standard InChI is InChI=1S/C19H16N4O6/c1-20-18(24)16-14-4-2-3-5-15(14)19(25)22(21-16)8-11-6-13(23(26)27)7-12-9-28-10-29-17(11)12/h2-7H,8-10H2,1H3,(H,20,24). The van der Waals surface area contributed by atoms with Gasteiger partial charge >= 0.3 is 0 Å². The van der Waals surface area contributed by atoms with Gasteiger partial charge in [0.25, 0.3) is 17.2 Å². The molecule has 10 heteroatoms. The van der Waals surface area contributed by atoms with Crippen LogP contribution >= 0.6 is 0 Å². The molecule has 1 aromatic heterocycles. The number of fused-ring (bicyclic) bond motifs is 2. The van der Waals surface area contributed by atoms with Gasteiger partial charge in [-0.15, -0.1) is 0 Å². The summed E-state index contributed by atoms with van der Waals surface area (Å²) >= 11 is 0. The van der Waals surface area contributed by atoms with Crippen LogP contribution in [0.1, 0.15) is 21.6 Å². The van der Waals surface area contributed by atoms with Crippen molar-refractivity contribution in [1.29, 1.82) is 0 Å². The van der Waals surface area contributed by atoms with E-state index in [4.69, 9.17) is 9.47 Å². The third-order valence-electron chi connectivity index (χ3n) is 4.61. The molecule has 4 rings (SSSR count). The van der Waals surface area contributed by atoms with Gasteiger partial charge < -0.3 is 14.8 Å². The molecule has 0 unspecified atom stereocenters. The number of hydrogen-bond donors (Lipinski definition) is 1. The van der Waals surface area contributed by atoms with Crippen molar-refractivity contribution >= 4 is 22.4 Å². The molecule has 0 atom stereocenters. The number of nitro groups is 1. The van der Waals surface area contributed by atoms with E-state index in [9.17, 15) is 19.7 Å². The number of ether oxygens (including phenoxy) is 2. The molecule has 2 aromatic carbocycles. The van der Waals surface area contributed by atoms with Crippen molar-refractivity contribution in [3.05, 3.63) is 73.7 Å². The highest BCUT2D eigenvalue weighted by Gasteiger charge is 2.23. The number of non-ortho nitro benzene ring substituents is 1. The Morgan fingerprint density at radius 3 is 2.79 bits per heavy atom. The minimum Gasteiger partial charge on any atom is -0.467 e. The van der Waals surface area contributed by atoms with Gasteiger partial charge in [-0.2, -0.15) is 5.10 Å². The maximum absolute atomic E-state index is 13.0. The second kappa shape index (κ2) is 7.32. The van der Waals surface area contributed by atoms with Crippen LogP contribution in [0.2, 0.25) is 0 Å². The van der Waals surface area contributed by atoms with Crippen LogP contribution < -0.4 is 15.6 Å². The number of carbonyl (C=O) groups excluding carboxylic acids is 1. The van der Waals surface area contributed by atoms with Gasteiger partial charge in [-0.05, 0) is 6.07 Å². The SMILES string of the molecule is CNC(=O)c1nn(Cc2cc([N+](=O)[O-])cc3c2OCOC3)c(=O)c2ccccc12. The van der Waals surface area contributed by atoms with Gasteiger partial charge in [0.05, 0.1) is 23.5 Å². The fraction of sp³-hybridized carbons (Fsp3) is 0.211. The Morgan fingerprint density at radius 1 is 1.31 bits per heavy atom. The molecule has 1 aliphatic heterocycles. The Balaban J connectivity index is 1.90. The predicted octanol–water partition coefficient (Wildman–Crippen LogP) is 1.58. The fourth-order valence-corrected chi connectivity index (χ4v) is 3.29. The minimum atomic E-state index is -0.523. The Hall–Kier alpha value is -3.79. The van der Waals surface area contributed by atoms with Gasteiger partial charge in [0, 0.05) is 35.7 Å². The summed E-state index contributed by atoms with van der Waals surface area (Å²) in [7, 11) is 1.47. The first kappa shape index (κ1) is 18.6. The molecule has 0 aliphatic carbocycles.